The van der Waals surface area contributed by atoms with E-state index >= 15 is 0 Å². The van der Waals surface area contributed by atoms with Crippen molar-refractivity contribution in [1.29, 1.82) is 0 Å². The molecule has 0 aromatic heterocycles. The fourth-order valence-electron chi connectivity index (χ4n) is 2.41. The van der Waals surface area contributed by atoms with Crippen molar-refractivity contribution in [2.45, 2.75) is 39.2 Å². The highest BCUT2D eigenvalue weighted by atomic mass is 16.5. The molecule has 2 rings (SSSR count). The van der Waals surface area contributed by atoms with Gasteiger partial charge in [0.05, 0.1) is 0 Å². The number of rotatable bonds is 5. The fourth-order valence-corrected chi connectivity index (χ4v) is 2.41. The summed E-state index contributed by atoms with van der Waals surface area (Å²) < 4.78 is 6.08. The van der Waals surface area contributed by atoms with Gasteiger partial charge in [-0.05, 0) is 55.5 Å². The molecule has 1 aromatic rings. The van der Waals surface area contributed by atoms with Crippen LogP contribution < -0.4 is 10.1 Å². The predicted molar refractivity (Wildman–Crippen MR) is 71.6 cm³/mol. The van der Waals surface area contributed by atoms with Crippen LogP contribution in [0.5, 0.6) is 5.75 Å². The van der Waals surface area contributed by atoms with E-state index < -0.39 is 0 Å². The number of ether oxygens (including phenoxy) is 1. The molecule has 0 fully saturated rings. The van der Waals surface area contributed by atoms with Crippen molar-refractivity contribution in [3.05, 3.63) is 29.3 Å². The molecule has 0 saturated heterocycles. The molecule has 0 bridgehead atoms. The summed E-state index contributed by atoms with van der Waals surface area (Å²) in [5.74, 6) is 1.55. The average molecular weight is 233 g/mol. The summed E-state index contributed by atoms with van der Waals surface area (Å²) in [6.45, 7) is 5.31. The summed E-state index contributed by atoms with van der Waals surface area (Å²) in [6, 6.07) is 6.58. The van der Waals surface area contributed by atoms with Gasteiger partial charge in [-0.15, -0.1) is 0 Å². The van der Waals surface area contributed by atoms with Crippen molar-refractivity contribution >= 4 is 0 Å². The Morgan fingerprint density at radius 2 is 2.00 bits per heavy atom. The minimum atomic E-state index is 0.249. The van der Waals surface area contributed by atoms with E-state index in [0.29, 0.717) is 5.92 Å². The number of hydrogen-bond acceptors (Lipinski definition) is 2. The summed E-state index contributed by atoms with van der Waals surface area (Å²) in [4.78, 5) is 0. The zero-order chi connectivity index (χ0) is 12.3. The summed E-state index contributed by atoms with van der Waals surface area (Å²) >= 11 is 0. The third-order valence-electron chi connectivity index (χ3n) is 3.51. The molecule has 2 heteroatoms. The minimum Gasteiger partial charge on any atom is -0.489 e. The number of benzene rings is 1. The minimum absolute atomic E-state index is 0.249. The molecule has 1 aliphatic rings. The molecule has 94 valence electrons. The number of aryl methyl sites for hydroxylation is 2. The lowest BCUT2D eigenvalue weighted by molar-refractivity contribution is 0.151. The Morgan fingerprint density at radius 3 is 2.71 bits per heavy atom. The Kier molecular flexibility index (Phi) is 4.06. The molecule has 1 N–H and O–H groups in total. The third-order valence-corrected chi connectivity index (χ3v) is 3.51. The van der Waals surface area contributed by atoms with Crippen LogP contribution in [0.3, 0.4) is 0 Å². The summed E-state index contributed by atoms with van der Waals surface area (Å²) in [6.07, 6.45) is 3.99. The van der Waals surface area contributed by atoms with Crippen LogP contribution >= 0.6 is 0 Å². The van der Waals surface area contributed by atoms with E-state index in [9.17, 15) is 0 Å². The first kappa shape index (κ1) is 12.4. The van der Waals surface area contributed by atoms with Crippen LogP contribution in [-0.2, 0) is 12.8 Å². The average Bonchev–Trinajstić information content (AvgIpc) is 2.75. The van der Waals surface area contributed by atoms with Gasteiger partial charge in [0, 0.05) is 6.54 Å². The third kappa shape index (κ3) is 3.01. The van der Waals surface area contributed by atoms with E-state index in [0.717, 1.165) is 12.3 Å². The van der Waals surface area contributed by atoms with Gasteiger partial charge in [0.1, 0.15) is 11.9 Å². The van der Waals surface area contributed by atoms with Crippen LogP contribution in [0.25, 0.3) is 0 Å². The maximum atomic E-state index is 6.08. The first-order valence-corrected chi connectivity index (χ1v) is 6.63. The van der Waals surface area contributed by atoms with Gasteiger partial charge < -0.3 is 10.1 Å². The molecule has 1 aromatic carbocycles. The lowest BCUT2D eigenvalue weighted by Crippen LogP contribution is -2.33. The predicted octanol–water partition coefficient (Wildman–Crippen LogP) is 2.80. The Morgan fingerprint density at radius 1 is 1.24 bits per heavy atom. The Balaban J connectivity index is 2.07. The molecule has 1 unspecified atom stereocenters. The van der Waals surface area contributed by atoms with Crippen LogP contribution in [0.2, 0.25) is 0 Å². The maximum Gasteiger partial charge on any atom is 0.120 e. The van der Waals surface area contributed by atoms with Crippen LogP contribution in [0.1, 0.15) is 31.4 Å². The summed E-state index contributed by atoms with van der Waals surface area (Å²) in [5, 5.41) is 3.20. The Labute approximate surface area is 104 Å². The molecule has 0 heterocycles. The monoisotopic (exact) mass is 233 g/mol. The molecule has 0 saturated carbocycles. The van der Waals surface area contributed by atoms with E-state index in [4.69, 9.17) is 4.74 Å². The SMILES string of the molecule is CNCC(Oc1ccc2c(c1)CCC2)C(C)C. The second-order valence-corrected chi connectivity index (χ2v) is 5.24. The largest absolute Gasteiger partial charge is 0.489 e. The highest BCUT2D eigenvalue weighted by Crippen LogP contribution is 2.27. The number of fused-ring (bicyclic) bond motifs is 1. The zero-order valence-electron chi connectivity index (χ0n) is 11.1. The normalized spacial score (nSPS) is 16.0. The van der Waals surface area contributed by atoms with E-state index in [2.05, 4.69) is 37.4 Å². The van der Waals surface area contributed by atoms with Gasteiger partial charge in [0.15, 0.2) is 0 Å². The van der Waals surface area contributed by atoms with E-state index in [1.54, 1.807) is 0 Å². The first-order chi connectivity index (χ1) is 8.20. The standard InChI is InChI=1S/C15H23NO/c1-11(2)15(10-16-3)17-14-8-7-12-5-4-6-13(12)9-14/h7-9,11,15-16H,4-6,10H2,1-3H3. The van der Waals surface area contributed by atoms with Crippen molar-refractivity contribution < 1.29 is 4.74 Å². The van der Waals surface area contributed by atoms with Crippen LogP contribution in [-0.4, -0.2) is 19.7 Å². The smallest absolute Gasteiger partial charge is 0.120 e. The molecule has 17 heavy (non-hydrogen) atoms. The molecular formula is C15H23NO. The number of nitrogens with one attached hydrogen (secondary N) is 1. The van der Waals surface area contributed by atoms with Crippen LogP contribution in [0.15, 0.2) is 18.2 Å². The van der Waals surface area contributed by atoms with Crippen molar-refractivity contribution in [1.82, 2.24) is 5.32 Å². The summed E-state index contributed by atoms with van der Waals surface area (Å²) in [5.41, 5.74) is 2.99. The Hall–Kier alpha value is -1.02. The molecule has 0 spiro atoms. The van der Waals surface area contributed by atoms with Crippen LogP contribution in [0, 0.1) is 5.92 Å². The second-order valence-electron chi connectivity index (χ2n) is 5.24. The van der Waals surface area contributed by atoms with Gasteiger partial charge in [-0.25, -0.2) is 0 Å². The fraction of sp³-hybridized carbons (Fsp3) is 0.600. The molecule has 2 nitrogen and oxygen atoms in total. The zero-order valence-corrected chi connectivity index (χ0v) is 11.1. The molecule has 1 aliphatic carbocycles. The number of hydrogen-bond donors (Lipinski definition) is 1. The van der Waals surface area contributed by atoms with E-state index in [-0.39, 0.29) is 6.10 Å². The van der Waals surface area contributed by atoms with E-state index in [1.165, 1.54) is 30.4 Å². The van der Waals surface area contributed by atoms with Gasteiger partial charge in [0.25, 0.3) is 0 Å². The lowest BCUT2D eigenvalue weighted by Gasteiger charge is -2.22. The molecule has 0 aliphatic heterocycles. The molecule has 0 amide bonds. The topological polar surface area (TPSA) is 21.3 Å². The second kappa shape index (κ2) is 5.54. The maximum absolute atomic E-state index is 6.08. The van der Waals surface area contributed by atoms with Gasteiger partial charge >= 0.3 is 0 Å². The van der Waals surface area contributed by atoms with Crippen LogP contribution in [0.4, 0.5) is 0 Å². The van der Waals surface area contributed by atoms with Gasteiger partial charge in [-0.2, -0.15) is 0 Å². The molecule has 1 atom stereocenters. The highest BCUT2D eigenvalue weighted by molar-refractivity contribution is 5.38. The quantitative estimate of drug-likeness (QED) is 0.844. The van der Waals surface area contributed by atoms with E-state index in [1.807, 2.05) is 7.05 Å². The van der Waals surface area contributed by atoms with Crippen molar-refractivity contribution in [3.63, 3.8) is 0 Å². The molecular weight excluding hydrogens is 210 g/mol. The van der Waals surface area contributed by atoms with Crippen molar-refractivity contribution in [2.75, 3.05) is 13.6 Å². The first-order valence-electron chi connectivity index (χ1n) is 6.63. The summed E-state index contributed by atoms with van der Waals surface area (Å²) in [7, 11) is 1.97. The van der Waals surface area contributed by atoms with Gasteiger partial charge in [-0.1, -0.05) is 19.9 Å². The van der Waals surface area contributed by atoms with Crippen molar-refractivity contribution in [2.24, 2.45) is 5.92 Å². The lowest BCUT2D eigenvalue weighted by atomic mass is 10.1. The van der Waals surface area contributed by atoms with Gasteiger partial charge in [0.2, 0.25) is 0 Å². The highest BCUT2D eigenvalue weighted by Gasteiger charge is 2.16. The molecule has 0 radical (unpaired) electrons. The Bertz CT molecular complexity index is 373. The van der Waals surface area contributed by atoms with Crippen molar-refractivity contribution in [3.8, 4) is 5.75 Å². The van der Waals surface area contributed by atoms with Gasteiger partial charge in [-0.3, -0.25) is 0 Å². The number of likely N-dealkylation sites (N-methyl/N-ethyl adjacent to an activating group) is 1.